The molecular weight excluding hydrogens is 413 g/mol. The molecule has 0 spiro atoms. The minimum Gasteiger partial charge on any atom is -0.507 e. The van der Waals surface area contributed by atoms with E-state index in [4.69, 9.17) is 9.39 Å². The Balaban J connectivity index is 1.67. The first-order chi connectivity index (χ1) is 16.1. The van der Waals surface area contributed by atoms with Crippen molar-refractivity contribution in [1.82, 2.24) is 4.98 Å². The highest BCUT2D eigenvalue weighted by molar-refractivity contribution is 6.43. The zero-order valence-corrected chi connectivity index (χ0v) is 18.8. The number of hydrogen-bond donors (Lipinski definition) is 2. The quantitative estimate of drug-likeness (QED) is 0.466. The van der Waals surface area contributed by atoms with E-state index in [9.17, 15) is 10.1 Å². The van der Waals surface area contributed by atoms with E-state index in [2.05, 4.69) is 17.6 Å². The van der Waals surface area contributed by atoms with Crippen molar-refractivity contribution < 1.29 is 19.5 Å². The maximum atomic E-state index is 10.3. The largest absolute Gasteiger partial charge is 0.507 e. The number of aromatic hydroxyl groups is 1. The molecule has 1 aromatic heterocycles. The number of phenolic OH excluding ortho intramolecular Hbond substituents is 1. The molecule has 0 aliphatic carbocycles. The molecule has 0 bridgehead atoms. The normalized spacial score (nSPS) is 16.7. The Hall–Kier alpha value is -3.19. The average molecular weight is 441 g/mol. The predicted octanol–water partition coefficient (Wildman–Crippen LogP) is 5.27. The first kappa shape index (κ1) is 23.0. The van der Waals surface area contributed by atoms with Crippen molar-refractivity contribution in [2.45, 2.75) is 25.3 Å². The summed E-state index contributed by atoms with van der Waals surface area (Å²) < 4.78 is 11.1. The fraction of sp³-hybridized carbons (Fsp3) is 0.222. The number of aromatic nitrogens is 1. The van der Waals surface area contributed by atoms with Gasteiger partial charge in [-0.15, -0.1) is 0 Å². The molecule has 2 N–H and O–H groups in total. The van der Waals surface area contributed by atoms with E-state index in [1.54, 1.807) is 19.4 Å². The summed E-state index contributed by atoms with van der Waals surface area (Å²) in [7, 11) is 0.820. The number of ether oxygens (including phenoxy) is 1. The Morgan fingerprint density at radius 3 is 2.73 bits per heavy atom. The minimum absolute atomic E-state index is 0.262. The number of pyridine rings is 1. The molecule has 6 heteroatoms. The van der Waals surface area contributed by atoms with Crippen molar-refractivity contribution in [3.63, 3.8) is 0 Å². The molecule has 1 aliphatic rings. The van der Waals surface area contributed by atoms with Crippen LogP contribution in [0.5, 0.6) is 5.75 Å². The van der Waals surface area contributed by atoms with Crippen LogP contribution in [-0.2, 0) is 9.39 Å². The molecule has 0 saturated carbocycles. The van der Waals surface area contributed by atoms with Gasteiger partial charge in [-0.1, -0.05) is 49.1 Å². The lowest BCUT2D eigenvalue weighted by Crippen LogP contribution is -2.32. The van der Waals surface area contributed by atoms with Crippen LogP contribution in [0.25, 0.3) is 22.4 Å². The number of rotatable bonds is 8. The third-order valence-electron chi connectivity index (χ3n) is 5.87. The van der Waals surface area contributed by atoms with Gasteiger partial charge in [-0.25, -0.2) is 0 Å². The van der Waals surface area contributed by atoms with Gasteiger partial charge >= 0.3 is 7.12 Å². The molecule has 5 nitrogen and oxygen atoms in total. The van der Waals surface area contributed by atoms with Gasteiger partial charge < -0.3 is 19.5 Å². The van der Waals surface area contributed by atoms with E-state index in [1.165, 1.54) is 0 Å². The summed E-state index contributed by atoms with van der Waals surface area (Å²) in [6.07, 6.45) is 7.40. The van der Waals surface area contributed by atoms with Gasteiger partial charge in [0, 0.05) is 25.0 Å². The molecule has 0 amide bonds. The van der Waals surface area contributed by atoms with Gasteiger partial charge in [0.05, 0.1) is 18.4 Å². The lowest BCUT2D eigenvalue weighted by Gasteiger charge is -2.28. The van der Waals surface area contributed by atoms with Crippen LogP contribution in [0.4, 0.5) is 0 Å². The van der Waals surface area contributed by atoms with Gasteiger partial charge in [-0.3, -0.25) is 4.98 Å². The van der Waals surface area contributed by atoms with Crippen LogP contribution in [0.15, 0.2) is 84.6 Å². The second kappa shape index (κ2) is 10.6. The van der Waals surface area contributed by atoms with E-state index in [-0.39, 0.29) is 11.9 Å². The molecule has 2 aromatic carbocycles. The summed E-state index contributed by atoms with van der Waals surface area (Å²) in [5.41, 5.74) is 4.78. The summed E-state index contributed by atoms with van der Waals surface area (Å²) in [4.78, 5) is 4.58. The number of nitrogens with zero attached hydrogens (tertiary/aromatic N) is 1. The summed E-state index contributed by atoms with van der Waals surface area (Å²) in [5, 5.41) is 22.2. The summed E-state index contributed by atoms with van der Waals surface area (Å²) >= 11 is 0. The third-order valence-corrected chi connectivity index (χ3v) is 5.87. The lowest BCUT2D eigenvalue weighted by atomic mass is 9.78. The standard InChI is InChI=1S/C27H28BNO4/c1-19(18-32-2)22-14-15-28(31)33-27(22)13-11-21(25-9-5-6-16-29-25)17-20-10-12-26(30)24-8-4-3-7-23(20)24/h3-10,12,14,16-17,27,30-31H,1,11,13,15,18H2,2H3/b21-17-. The van der Waals surface area contributed by atoms with Crippen LogP contribution in [0.1, 0.15) is 24.1 Å². The molecule has 168 valence electrons. The maximum Gasteiger partial charge on any atom is 0.458 e. The monoisotopic (exact) mass is 441 g/mol. The first-order valence-corrected chi connectivity index (χ1v) is 11.1. The van der Waals surface area contributed by atoms with Crippen molar-refractivity contribution in [2.75, 3.05) is 13.7 Å². The highest BCUT2D eigenvalue weighted by Gasteiger charge is 2.28. The molecule has 33 heavy (non-hydrogen) atoms. The van der Waals surface area contributed by atoms with Crippen molar-refractivity contribution in [1.29, 1.82) is 0 Å². The number of allylic oxidation sites excluding steroid dienone is 2. The second-order valence-corrected chi connectivity index (χ2v) is 8.15. The Morgan fingerprint density at radius 2 is 1.97 bits per heavy atom. The summed E-state index contributed by atoms with van der Waals surface area (Å²) in [6.45, 7) is 4.55. The van der Waals surface area contributed by atoms with Gasteiger partial charge in [-0.2, -0.15) is 0 Å². The number of fused-ring (bicyclic) bond motifs is 1. The fourth-order valence-corrected chi connectivity index (χ4v) is 4.26. The molecule has 1 unspecified atom stereocenters. The summed E-state index contributed by atoms with van der Waals surface area (Å²) in [6, 6.07) is 17.3. The minimum atomic E-state index is -0.822. The van der Waals surface area contributed by atoms with E-state index < -0.39 is 7.12 Å². The van der Waals surface area contributed by atoms with Crippen LogP contribution in [0.2, 0.25) is 6.32 Å². The second-order valence-electron chi connectivity index (χ2n) is 8.15. The number of methoxy groups -OCH3 is 1. The smallest absolute Gasteiger partial charge is 0.458 e. The number of benzene rings is 2. The molecule has 3 aromatic rings. The van der Waals surface area contributed by atoms with Crippen molar-refractivity contribution in [3.05, 3.63) is 95.9 Å². The number of hydrogen-bond acceptors (Lipinski definition) is 5. The number of phenols is 1. The van der Waals surface area contributed by atoms with Crippen molar-refractivity contribution >= 4 is 29.5 Å². The third kappa shape index (κ3) is 5.42. The Labute approximate surface area is 194 Å². The van der Waals surface area contributed by atoms with E-state index in [0.717, 1.165) is 38.7 Å². The highest BCUT2D eigenvalue weighted by Crippen LogP contribution is 2.33. The Morgan fingerprint density at radius 1 is 1.18 bits per heavy atom. The molecule has 0 saturated heterocycles. The van der Waals surface area contributed by atoms with Crippen LogP contribution in [0.3, 0.4) is 0 Å². The molecule has 2 heterocycles. The van der Waals surface area contributed by atoms with Crippen LogP contribution < -0.4 is 0 Å². The summed E-state index contributed by atoms with van der Waals surface area (Å²) in [5.74, 6) is 0.262. The zero-order valence-electron chi connectivity index (χ0n) is 18.8. The van der Waals surface area contributed by atoms with Crippen molar-refractivity contribution in [2.24, 2.45) is 0 Å². The molecule has 0 fully saturated rings. The predicted molar refractivity (Wildman–Crippen MR) is 134 cm³/mol. The fourth-order valence-electron chi connectivity index (χ4n) is 4.26. The van der Waals surface area contributed by atoms with E-state index in [1.807, 2.05) is 54.6 Å². The van der Waals surface area contributed by atoms with E-state index >= 15 is 0 Å². The first-order valence-electron chi connectivity index (χ1n) is 11.1. The molecule has 1 aliphatic heterocycles. The highest BCUT2D eigenvalue weighted by atomic mass is 16.5. The van der Waals surface area contributed by atoms with Gasteiger partial charge in [-0.05, 0) is 64.8 Å². The Bertz CT molecular complexity index is 1190. The van der Waals surface area contributed by atoms with Gasteiger partial charge in [0.1, 0.15) is 5.75 Å². The SMILES string of the molecule is C=C(COC)C1=CCB(O)OC1CC/C(=C/c1ccc(O)c2ccccc12)c1ccccn1. The Kier molecular flexibility index (Phi) is 7.40. The van der Waals surface area contributed by atoms with Crippen LogP contribution in [-0.4, -0.2) is 42.1 Å². The van der Waals surface area contributed by atoms with Crippen molar-refractivity contribution in [3.8, 4) is 5.75 Å². The molecule has 1 atom stereocenters. The molecular formula is C27H28BNO4. The lowest BCUT2D eigenvalue weighted by molar-refractivity contribution is 0.177. The van der Waals surface area contributed by atoms with Crippen LogP contribution >= 0.6 is 0 Å². The van der Waals surface area contributed by atoms with Crippen LogP contribution in [0, 0.1) is 0 Å². The van der Waals surface area contributed by atoms with Gasteiger partial charge in [0.25, 0.3) is 0 Å². The average Bonchev–Trinajstić information content (AvgIpc) is 2.84. The maximum absolute atomic E-state index is 10.3. The van der Waals surface area contributed by atoms with Gasteiger partial charge in [0.2, 0.25) is 0 Å². The molecule has 4 rings (SSSR count). The zero-order chi connectivity index (χ0) is 23.2. The van der Waals surface area contributed by atoms with E-state index in [0.29, 0.717) is 25.8 Å². The van der Waals surface area contributed by atoms with Gasteiger partial charge in [0.15, 0.2) is 0 Å². The topological polar surface area (TPSA) is 71.8 Å². The molecule has 0 radical (unpaired) electrons.